The van der Waals surface area contributed by atoms with E-state index < -0.39 is 0 Å². The highest BCUT2D eigenvalue weighted by molar-refractivity contribution is 9.11. The molecule has 0 spiro atoms. The van der Waals surface area contributed by atoms with Crippen molar-refractivity contribution in [3.8, 4) is 0 Å². The Bertz CT molecular complexity index is 640. The monoisotopic (exact) mass is 475 g/mol. The van der Waals surface area contributed by atoms with E-state index in [1.165, 1.54) is 5.56 Å². The van der Waals surface area contributed by atoms with Gasteiger partial charge in [0.2, 0.25) is 12.3 Å². The fourth-order valence-corrected chi connectivity index (χ4v) is 3.84. The zero-order chi connectivity index (χ0) is 14.9. The third-order valence-corrected chi connectivity index (χ3v) is 4.00. The first-order chi connectivity index (χ1) is 9.36. The van der Waals surface area contributed by atoms with E-state index in [0.29, 0.717) is 6.54 Å². The molecule has 112 valence electrons. The summed E-state index contributed by atoms with van der Waals surface area (Å²) in [7, 11) is 0. The summed E-state index contributed by atoms with van der Waals surface area (Å²) in [4.78, 5) is 12.5. The highest BCUT2D eigenvalue weighted by Gasteiger charge is 2.17. The van der Waals surface area contributed by atoms with Crippen molar-refractivity contribution < 1.29 is 26.3 Å². The number of aryl methyl sites for hydroxylation is 3. The van der Waals surface area contributed by atoms with Crippen molar-refractivity contribution in [3.05, 3.63) is 61.8 Å². The fraction of sp³-hybridized carbons (Fsp3) is 0.250. The van der Waals surface area contributed by atoms with Crippen LogP contribution in [0.1, 0.15) is 27.0 Å². The Morgan fingerprint density at radius 1 is 1.00 bits per heavy atom. The van der Waals surface area contributed by atoms with E-state index in [2.05, 4.69) is 50.9 Å². The molecule has 1 heterocycles. The smallest absolute Gasteiger partial charge is 0.228 e. The zero-order valence-corrected chi connectivity index (χ0v) is 16.8. The average molecular weight is 478 g/mol. The van der Waals surface area contributed by atoms with E-state index >= 15 is 0 Å². The van der Waals surface area contributed by atoms with Gasteiger partial charge in [0.25, 0.3) is 0 Å². The lowest BCUT2D eigenvalue weighted by molar-refractivity contribution is -0.684. The molecule has 0 N–H and O–H groups in total. The molecule has 0 saturated heterocycles. The van der Waals surface area contributed by atoms with E-state index in [1.54, 1.807) is 0 Å². The van der Waals surface area contributed by atoms with Gasteiger partial charge in [-0.25, -0.2) is 0 Å². The number of hydrogen-bond acceptors (Lipinski definition) is 1. The number of halogens is 3. The Kier molecular flexibility index (Phi) is 6.75. The summed E-state index contributed by atoms with van der Waals surface area (Å²) in [5, 5.41) is 0. The van der Waals surface area contributed by atoms with Crippen LogP contribution in [0.3, 0.4) is 0 Å². The van der Waals surface area contributed by atoms with Gasteiger partial charge in [0, 0.05) is 5.56 Å². The minimum atomic E-state index is 0. The molecule has 0 amide bonds. The van der Waals surface area contributed by atoms with Gasteiger partial charge in [-0.15, -0.1) is 0 Å². The Balaban J connectivity index is 0.00000220. The number of nitrogens with zero attached hydrogens (tertiary/aromatic N) is 1. The lowest BCUT2D eigenvalue weighted by atomic mass is 9.96. The molecule has 2 nitrogen and oxygen atoms in total. The number of Topliss-reactive ketones (excluding diaryl/α,β-unsaturated/α-hetero) is 1. The lowest BCUT2D eigenvalue weighted by Gasteiger charge is -2.08. The van der Waals surface area contributed by atoms with Crippen LogP contribution in [0, 0.1) is 20.8 Å². The van der Waals surface area contributed by atoms with Gasteiger partial charge in [0.05, 0.1) is 8.95 Å². The maximum Gasteiger partial charge on any atom is 0.228 e. The van der Waals surface area contributed by atoms with Gasteiger partial charge < -0.3 is 17.0 Å². The number of benzene rings is 1. The van der Waals surface area contributed by atoms with Crippen LogP contribution in [0.2, 0.25) is 0 Å². The van der Waals surface area contributed by atoms with Gasteiger partial charge in [0.15, 0.2) is 12.4 Å². The first-order valence-corrected chi connectivity index (χ1v) is 7.91. The van der Waals surface area contributed by atoms with Crippen LogP contribution in [-0.2, 0) is 6.54 Å². The minimum Gasteiger partial charge on any atom is -1.00 e. The van der Waals surface area contributed by atoms with Crippen LogP contribution in [0.5, 0.6) is 0 Å². The largest absolute Gasteiger partial charge is 1.00 e. The van der Waals surface area contributed by atoms with Gasteiger partial charge in [-0.1, -0.05) is 17.7 Å². The predicted molar refractivity (Wildman–Crippen MR) is 87.0 cm³/mol. The molecule has 0 bridgehead atoms. The highest BCUT2D eigenvalue weighted by atomic mass is 79.9. The Labute approximate surface area is 152 Å². The molecular formula is C16H16Br3NO. The van der Waals surface area contributed by atoms with Gasteiger partial charge in [-0.2, -0.15) is 4.57 Å². The van der Waals surface area contributed by atoms with Crippen LogP contribution >= 0.6 is 31.9 Å². The summed E-state index contributed by atoms with van der Waals surface area (Å²) in [6, 6.07) is 6.06. The minimum absolute atomic E-state index is 0. The van der Waals surface area contributed by atoms with Crippen LogP contribution in [0.15, 0.2) is 39.5 Å². The molecule has 5 heteroatoms. The quantitative estimate of drug-likeness (QED) is 0.482. The topological polar surface area (TPSA) is 20.9 Å². The summed E-state index contributed by atoms with van der Waals surface area (Å²) in [6.07, 6.45) is 3.81. The van der Waals surface area contributed by atoms with Crippen molar-refractivity contribution in [2.24, 2.45) is 0 Å². The number of ketones is 1. The lowest BCUT2D eigenvalue weighted by Crippen LogP contribution is -3.00. The van der Waals surface area contributed by atoms with Crippen molar-refractivity contribution in [1.29, 1.82) is 0 Å². The van der Waals surface area contributed by atoms with E-state index in [1.807, 2.05) is 36.9 Å². The molecular weight excluding hydrogens is 462 g/mol. The molecule has 0 unspecified atom stereocenters. The third kappa shape index (κ3) is 4.73. The summed E-state index contributed by atoms with van der Waals surface area (Å²) in [5.41, 5.74) is 4.11. The number of carbonyl (C=O) groups excluding carboxylic acids is 1. The number of pyridine rings is 1. The van der Waals surface area contributed by atoms with Crippen molar-refractivity contribution >= 4 is 37.6 Å². The number of hydrogen-bond donors (Lipinski definition) is 0. The Morgan fingerprint density at radius 3 is 1.95 bits per heavy atom. The number of carbonyl (C=O) groups is 1. The molecule has 0 atom stereocenters. The molecule has 0 aliphatic heterocycles. The molecule has 0 radical (unpaired) electrons. The second-order valence-electron chi connectivity index (χ2n) is 5.04. The SMILES string of the molecule is Cc1cc(C)c(C(=O)C[n+]2cc(Br)cc(Br)c2)c(C)c1.[Br-]. The molecule has 0 fully saturated rings. The second kappa shape index (κ2) is 7.65. The summed E-state index contributed by atoms with van der Waals surface area (Å²) in [6.45, 7) is 6.38. The standard InChI is InChI=1S/C16H16Br2NO.BrH/c1-10-4-11(2)16(12(3)5-10)15(20)9-19-7-13(17)6-14(18)8-19;/h4-8H,9H2,1-3H3;1H/q+1;/p-1. The fourth-order valence-electron chi connectivity index (χ4n) is 2.52. The first-order valence-electron chi connectivity index (χ1n) is 6.33. The molecule has 1 aromatic carbocycles. The molecule has 0 aliphatic carbocycles. The maximum atomic E-state index is 12.5. The van der Waals surface area contributed by atoms with Crippen LogP contribution in [0.4, 0.5) is 0 Å². The molecule has 1 aromatic heterocycles. The van der Waals surface area contributed by atoms with Crippen molar-refractivity contribution in [1.82, 2.24) is 0 Å². The molecule has 0 aliphatic rings. The highest BCUT2D eigenvalue weighted by Crippen LogP contribution is 2.18. The summed E-state index contributed by atoms with van der Waals surface area (Å²) < 4.78 is 3.77. The van der Waals surface area contributed by atoms with E-state index in [-0.39, 0.29) is 22.8 Å². The number of rotatable bonds is 3. The predicted octanol–water partition coefficient (Wildman–Crippen LogP) is 1.31. The Morgan fingerprint density at radius 2 is 1.48 bits per heavy atom. The van der Waals surface area contributed by atoms with Crippen molar-refractivity contribution in [2.75, 3.05) is 0 Å². The van der Waals surface area contributed by atoms with Gasteiger partial charge in [0.1, 0.15) is 0 Å². The van der Waals surface area contributed by atoms with Crippen molar-refractivity contribution in [3.63, 3.8) is 0 Å². The zero-order valence-electron chi connectivity index (χ0n) is 12.1. The van der Waals surface area contributed by atoms with Crippen LogP contribution < -0.4 is 21.5 Å². The van der Waals surface area contributed by atoms with E-state index in [0.717, 1.165) is 25.6 Å². The van der Waals surface area contributed by atoms with Gasteiger partial charge >= 0.3 is 0 Å². The van der Waals surface area contributed by atoms with Crippen LogP contribution in [0.25, 0.3) is 0 Å². The normalized spacial score (nSPS) is 10.1. The van der Waals surface area contributed by atoms with E-state index in [4.69, 9.17) is 0 Å². The van der Waals surface area contributed by atoms with Gasteiger partial charge in [-0.3, -0.25) is 4.79 Å². The third-order valence-electron chi connectivity index (χ3n) is 3.14. The maximum absolute atomic E-state index is 12.5. The Hall–Kier alpha value is -0.520. The molecule has 0 saturated carbocycles. The molecule has 2 aromatic rings. The van der Waals surface area contributed by atoms with Crippen LogP contribution in [-0.4, -0.2) is 5.78 Å². The molecule has 2 rings (SSSR count). The molecule has 21 heavy (non-hydrogen) atoms. The summed E-state index contributed by atoms with van der Waals surface area (Å²) >= 11 is 6.87. The van der Waals surface area contributed by atoms with E-state index in [9.17, 15) is 4.79 Å². The van der Waals surface area contributed by atoms with Crippen molar-refractivity contribution in [2.45, 2.75) is 27.3 Å². The van der Waals surface area contributed by atoms with Gasteiger partial charge in [-0.05, 0) is 69.8 Å². The first kappa shape index (κ1) is 18.5. The summed E-state index contributed by atoms with van der Waals surface area (Å²) in [5.74, 6) is 0.134. The number of aromatic nitrogens is 1. The average Bonchev–Trinajstić information content (AvgIpc) is 2.25. The second-order valence-corrected chi connectivity index (χ2v) is 6.87.